The summed E-state index contributed by atoms with van der Waals surface area (Å²) in [6.45, 7) is 2.26. The summed E-state index contributed by atoms with van der Waals surface area (Å²) >= 11 is 1.67. The molecule has 1 fully saturated rings. The second-order valence-corrected chi connectivity index (χ2v) is 5.88. The lowest BCUT2D eigenvalue weighted by atomic mass is 9.79. The minimum Gasteiger partial charge on any atom is -0.294 e. The van der Waals surface area contributed by atoms with Crippen LogP contribution in [0.5, 0.6) is 0 Å². The molecule has 0 N–H and O–H groups in total. The first-order valence-corrected chi connectivity index (χ1v) is 7.62. The number of carbonyl (C=O) groups is 1. The van der Waals surface area contributed by atoms with Crippen molar-refractivity contribution in [2.75, 3.05) is 6.26 Å². The molecule has 1 aromatic carbocycles. The van der Waals surface area contributed by atoms with Gasteiger partial charge in [-0.25, -0.2) is 0 Å². The third-order valence-corrected chi connectivity index (χ3v) is 4.48. The summed E-state index contributed by atoms with van der Waals surface area (Å²) in [5.74, 6) is 1.33. The summed E-state index contributed by atoms with van der Waals surface area (Å²) in [7, 11) is 0. The average Bonchev–Trinajstić information content (AvgIpc) is 2.38. The van der Waals surface area contributed by atoms with E-state index in [1.807, 2.05) is 30.5 Å². The standard InChI is InChI=1S/C15H20OS/c1-11-6-5-7-12(10-11)15(16)13-8-3-4-9-14(13)17-2/h3-4,8-9,11-12H,5-7,10H2,1-2H3. The molecule has 2 atom stereocenters. The maximum Gasteiger partial charge on any atom is 0.167 e. The Morgan fingerprint density at radius 1 is 1.29 bits per heavy atom. The number of rotatable bonds is 3. The molecule has 2 unspecified atom stereocenters. The molecule has 0 spiro atoms. The molecule has 17 heavy (non-hydrogen) atoms. The van der Waals surface area contributed by atoms with Crippen molar-refractivity contribution in [3.63, 3.8) is 0 Å². The lowest BCUT2D eigenvalue weighted by Crippen LogP contribution is -2.22. The molecule has 2 rings (SSSR count). The van der Waals surface area contributed by atoms with Gasteiger partial charge in [0.05, 0.1) is 0 Å². The van der Waals surface area contributed by atoms with Crippen LogP contribution in [0.25, 0.3) is 0 Å². The zero-order chi connectivity index (χ0) is 12.3. The second-order valence-electron chi connectivity index (χ2n) is 5.03. The van der Waals surface area contributed by atoms with Crippen LogP contribution in [0.15, 0.2) is 29.2 Å². The molecule has 92 valence electrons. The molecule has 1 aliphatic carbocycles. The minimum atomic E-state index is 0.257. The quantitative estimate of drug-likeness (QED) is 0.582. The summed E-state index contributed by atoms with van der Waals surface area (Å²) < 4.78 is 0. The fraction of sp³-hybridized carbons (Fsp3) is 0.533. The summed E-state index contributed by atoms with van der Waals surface area (Å²) in [6, 6.07) is 8.00. The largest absolute Gasteiger partial charge is 0.294 e. The highest BCUT2D eigenvalue weighted by molar-refractivity contribution is 7.98. The smallest absolute Gasteiger partial charge is 0.167 e. The maximum atomic E-state index is 12.5. The molecule has 1 aromatic rings. The Kier molecular flexibility index (Phi) is 4.27. The van der Waals surface area contributed by atoms with Gasteiger partial charge in [-0.3, -0.25) is 4.79 Å². The Morgan fingerprint density at radius 2 is 2.06 bits per heavy atom. The molecular formula is C15H20OS. The van der Waals surface area contributed by atoms with Gasteiger partial charge in [0, 0.05) is 16.4 Å². The highest BCUT2D eigenvalue weighted by atomic mass is 32.2. The van der Waals surface area contributed by atoms with E-state index in [-0.39, 0.29) is 5.92 Å². The zero-order valence-electron chi connectivity index (χ0n) is 10.6. The van der Waals surface area contributed by atoms with Gasteiger partial charge in [-0.15, -0.1) is 11.8 Å². The van der Waals surface area contributed by atoms with Crippen LogP contribution in [0, 0.1) is 11.8 Å². The van der Waals surface area contributed by atoms with Gasteiger partial charge < -0.3 is 0 Å². The molecular weight excluding hydrogens is 228 g/mol. The zero-order valence-corrected chi connectivity index (χ0v) is 11.4. The third-order valence-electron chi connectivity index (χ3n) is 3.68. The number of thioether (sulfide) groups is 1. The summed E-state index contributed by atoms with van der Waals surface area (Å²) in [5.41, 5.74) is 0.930. The first kappa shape index (κ1) is 12.7. The number of carbonyl (C=O) groups excluding carboxylic acids is 1. The van der Waals surface area contributed by atoms with E-state index >= 15 is 0 Å². The minimum absolute atomic E-state index is 0.257. The molecule has 1 saturated carbocycles. The highest BCUT2D eigenvalue weighted by Crippen LogP contribution is 2.32. The highest BCUT2D eigenvalue weighted by Gasteiger charge is 2.26. The lowest BCUT2D eigenvalue weighted by molar-refractivity contribution is 0.0865. The fourth-order valence-electron chi connectivity index (χ4n) is 2.74. The summed E-state index contributed by atoms with van der Waals surface area (Å²) in [4.78, 5) is 13.6. The Bertz CT molecular complexity index is 400. The van der Waals surface area contributed by atoms with Crippen molar-refractivity contribution < 1.29 is 4.79 Å². The molecule has 0 radical (unpaired) electrons. The van der Waals surface area contributed by atoms with Gasteiger partial charge in [-0.1, -0.05) is 38.0 Å². The van der Waals surface area contributed by atoms with Crippen LogP contribution in [0.4, 0.5) is 0 Å². The molecule has 0 saturated heterocycles. The van der Waals surface area contributed by atoms with Crippen molar-refractivity contribution in [1.82, 2.24) is 0 Å². The van der Waals surface area contributed by atoms with Crippen LogP contribution in [0.1, 0.15) is 43.0 Å². The number of Topliss-reactive ketones (excluding diaryl/α,β-unsaturated/α-hetero) is 1. The molecule has 0 amide bonds. The maximum absolute atomic E-state index is 12.5. The summed E-state index contributed by atoms with van der Waals surface area (Å²) in [5, 5.41) is 0. The lowest BCUT2D eigenvalue weighted by Gasteiger charge is -2.26. The van der Waals surface area contributed by atoms with Crippen molar-refractivity contribution in [2.24, 2.45) is 11.8 Å². The molecule has 1 aliphatic rings. The fourth-order valence-corrected chi connectivity index (χ4v) is 3.34. The van der Waals surface area contributed by atoms with Crippen molar-refractivity contribution in [1.29, 1.82) is 0 Å². The van der Waals surface area contributed by atoms with Crippen molar-refractivity contribution in [3.05, 3.63) is 29.8 Å². The van der Waals surface area contributed by atoms with E-state index in [0.717, 1.165) is 23.3 Å². The van der Waals surface area contributed by atoms with Crippen molar-refractivity contribution in [2.45, 2.75) is 37.5 Å². The van der Waals surface area contributed by atoms with E-state index in [0.29, 0.717) is 11.7 Å². The van der Waals surface area contributed by atoms with Gasteiger partial charge in [0.1, 0.15) is 0 Å². The monoisotopic (exact) mass is 248 g/mol. The van der Waals surface area contributed by atoms with E-state index in [1.54, 1.807) is 11.8 Å². The van der Waals surface area contributed by atoms with Gasteiger partial charge in [-0.2, -0.15) is 0 Å². The van der Waals surface area contributed by atoms with Gasteiger partial charge in [0.25, 0.3) is 0 Å². The van der Waals surface area contributed by atoms with Gasteiger partial charge in [-0.05, 0) is 31.1 Å². The van der Waals surface area contributed by atoms with Crippen LogP contribution in [-0.2, 0) is 0 Å². The van der Waals surface area contributed by atoms with Crippen LogP contribution in [-0.4, -0.2) is 12.0 Å². The number of hydrogen-bond acceptors (Lipinski definition) is 2. The molecule has 1 nitrogen and oxygen atoms in total. The predicted octanol–water partition coefficient (Wildman–Crippen LogP) is 4.42. The van der Waals surface area contributed by atoms with E-state index < -0.39 is 0 Å². The van der Waals surface area contributed by atoms with Crippen LogP contribution >= 0.6 is 11.8 Å². The van der Waals surface area contributed by atoms with Crippen molar-refractivity contribution >= 4 is 17.5 Å². The Morgan fingerprint density at radius 3 is 2.76 bits per heavy atom. The Labute approximate surface area is 108 Å². The van der Waals surface area contributed by atoms with Crippen molar-refractivity contribution in [3.8, 4) is 0 Å². The van der Waals surface area contributed by atoms with Crippen LogP contribution in [0.3, 0.4) is 0 Å². The third kappa shape index (κ3) is 2.92. The summed E-state index contributed by atoms with van der Waals surface area (Å²) in [6.07, 6.45) is 6.68. The van der Waals surface area contributed by atoms with Gasteiger partial charge >= 0.3 is 0 Å². The van der Waals surface area contributed by atoms with Crippen LogP contribution < -0.4 is 0 Å². The SMILES string of the molecule is CSc1ccccc1C(=O)C1CCCC(C)C1. The normalized spacial score (nSPS) is 24.6. The number of benzene rings is 1. The molecule has 0 heterocycles. The molecule has 2 heteroatoms. The second kappa shape index (κ2) is 5.72. The Balaban J connectivity index is 2.18. The van der Waals surface area contributed by atoms with E-state index in [1.165, 1.54) is 12.8 Å². The first-order valence-electron chi connectivity index (χ1n) is 6.39. The predicted molar refractivity (Wildman–Crippen MR) is 73.7 cm³/mol. The van der Waals surface area contributed by atoms with E-state index in [9.17, 15) is 4.79 Å². The van der Waals surface area contributed by atoms with E-state index in [4.69, 9.17) is 0 Å². The van der Waals surface area contributed by atoms with Gasteiger partial charge in [0.2, 0.25) is 0 Å². The van der Waals surface area contributed by atoms with E-state index in [2.05, 4.69) is 6.92 Å². The number of ketones is 1. The van der Waals surface area contributed by atoms with Gasteiger partial charge in [0.15, 0.2) is 5.78 Å². The van der Waals surface area contributed by atoms with Crippen LogP contribution in [0.2, 0.25) is 0 Å². The Hall–Kier alpha value is -0.760. The first-order chi connectivity index (χ1) is 8.22. The molecule has 0 aliphatic heterocycles. The number of hydrogen-bond donors (Lipinski definition) is 0. The molecule has 0 aromatic heterocycles. The average molecular weight is 248 g/mol. The molecule has 0 bridgehead atoms. The topological polar surface area (TPSA) is 17.1 Å².